The Hall–Kier alpha value is -1.40. The number of amides is 1. The van der Waals surface area contributed by atoms with E-state index in [0.29, 0.717) is 5.92 Å². The van der Waals surface area contributed by atoms with E-state index < -0.39 is 12.0 Å². The summed E-state index contributed by atoms with van der Waals surface area (Å²) in [6, 6.07) is 2.64. The van der Waals surface area contributed by atoms with E-state index in [2.05, 4.69) is 5.32 Å². The normalized spacial score (nSPS) is 18.1. The molecule has 1 aliphatic rings. The minimum absolute atomic E-state index is 0.0342. The molecule has 4 N–H and O–H groups in total. The molecule has 5 nitrogen and oxygen atoms in total. The largest absolute Gasteiger partial charge is 0.481 e. The van der Waals surface area contributed by atoms with Crippen LogP contribution in [0.4, 0.5) is 0 Å². The van der Waals surface area contributed by atoms with Crippen molar-refractivity contribution in [1.29, 1.82) is 0 Å². The van der Waals surface area contributed by atoms with E-state index in [1.807, 2.05) is 11.4 Å². The van der Waals surface area contributed by atoms with E-state index in [4.69, 9.17) is 10.8 Å². The molecule has 0 aromatic carbocycles. The fraction of sp³-hybridized carbons (Fsp3) is 0.500. The molecule has 2 rings (SSSR count). The maximum Gasteiger partial charge on any atom is 0.305 e. The monoisotopic (exact) mass is 268 g/mol. The molecule has 2 unspecified atom stereocenters. The van der Waals surface area contributed by atoms with Gasteiger partial charge in [-0.15, -0.1) is 11.3 Å². The van der Waals surface area contributed by atoms with E-state index in [-0.39, 0.29) is 18.4 Å². The summed E-state index contributed by atoms with van der Waals surface area (Å²) < 4.78 is 0. The number of nitrogens with two attached hydrogens (primary N) is 1. The molecule has 1 aromatic rings. The lowest BCUT2D eigenvalue weighted by Crippen LogP contribution is -2.42. The highest BCUT2D eigenvalue weighted by atomic mass is 32.1. The molecule has 1 aromatic heterocycles. The second kappa shape index (κ2) is 5.49. The topological polar surface area (TPSA) is 92.4 Å². The maximum atomic E-state index is 11.9. The molecule has 98 valence electrons. The van der Waals surface area contributed by atoms with Gasteiger partial charge < -0.3 is 16.2 Å². The number of rotatable bonds is 6. The van der Waals surface area contributed by atoms with E-state index in [9.17, 15) is 9.59 Å². The molecule has 0 aliphatic heterocycles. The molecule has 6 heteroatoms. The van der Waals surface area contributed by atoms with Crippen molar-refractivity contribution in [3.63, 3.8) is 0 Å². The lowest BCUT2D eigenvalue weighted by Gasteiger charge is -2.18. The smallest absolute Gasteiger partial charge is 0.305 e. The van der Waals surface area contributed by atoms with Crippen LogP contribution in [-0.2, 0) is 9.59 Å². The zero-order valence-corrected chi connectivity index (χ0v) is 10.7. The molecule has 0 radical (unpaired) electrons. The van der Waals surface area contributed by atoms with E-state index >= 15 is 0 Å². The van der Waals surface area contributed by atoms with Crippen LogP contribution in [0.1, 0.15) is 30.2 Å². The van der Waals surface area contributed by atoms with Crippen LogP contribution >= 0.6 is 11.3 Å². The van der Waals surface area contributed by atoms with Gasteiger partial charge in [-0.1, -0.05) is 6.07 Å². The van der Waals surface area contributed by atoms with Crippen molar-refractivity contribution in [2.24, 2.45) is 11.7 Å². The first-order valence-corrected chi connectivity index (χ1v) is 6.77. The summed E-state index contributed by atoms with van der Waals surface area (Å²) in [5.74, 6) is -0.895. The number of hydrogen-bond acceptors (Lipinski definition) is 4. The van der Waals surface area contributed by atoms with Crippen LogP contribution in [0.15, 0.2) is 17.5 Å². The first-order chi connectivity index (χ1) is 8.58. The Morgan fingerprint density at radius 3 is 2.78 bits per heavy atom. The fourth-order valence-electron chi connectivity index (χ4n) is 1.89. The molecule has 2 atom stereocenters. The summed E-state index contributed by atoms with van der Waals surface area (Å²) in [5.41, 5.74) is 5.83. The van der Waals surface area contributed by atoms with E-state index in [0.717, 1.165) is 17.7 Å². The van der Waals surface area contributed by atoms with Gasteiger partial charge in [-0.3, -0.25) is 9.59 Å². The van der Waals surface area contributed by atoms with Gasteiger partial charge >= 0.3 is 5.97 Å². The average Bonchev–Trinajstić information content (AvgIpc) is 3.02. The third-order valence-electron chi connectivity index (χ3n) is 3.05. The standard InChI is InChI=1S/C12H16N2O3S/c13-11(9-2-1-5-18-9)12(17)14-8(6-10(15)16)7-3-4-7/h1-2,5,7-8,11H,3-4,6,13H2,(H,14,17)(H,15,16). The minimum Gasteiger partial charge on any atom is -0.481 e. The molecule has 0 bridgehead atoms. The van der Waals surface area contributed by atoms with Crippen molar-refractivity contribution >= 4 is 23.2 Å². The molecule has 1 heterocycles. The van der Waals surface area contributed by atoms with Crippen LogP contribution in [0.25, 0.3) is 0 Å². The Morgan fingerprint density at radius 1 is 1.56 bits per heavy atom. The molecule has 1 saturated carbocycles. The lowest BCUT2D eigenvalue weighted by molar-refractivity contribution is -0.138. The molecular weight excluding hydrogens is 252 g/mol. The summed E-state index contributed by atoms with van der Waals surface area (Å²) >= 11 is 1.42. The number of carbonyl (C=O) groups excluding carboxylic acids is 1. The van der Waals surface area contributed by atoms with Gasteiger partial charge in [-0.2, -0.15) is 0 Å². The molecule has 18 heavy (non-hydrogen) atoms. The van der Waals surface area contributed by atoms with Crippen LogP contribution in [-0.4, -0.2) is 23.0 Å². The second-order valence-corrected chi connectivity index (χ2v) is 5.52. The Kier molecular flexibility index (Phi) is 3.98. The van der Waals surface area contributed by atoms with Crippen molar-refractivity contribution in [2.45, 2.75) is 31.3 Å². The zero-order valence-electron chi connectivity index (χ0n) is 9.83. The van der Waals surface area contributed by atoms with Gasteiger partial charge in [-0.05, 0) is 30.2 Å². The van der Waals surface area contributed by atoms with Crippen molar-refractivity contribution in [3.05, 3.63) is 22.4 Å². The van der Waals surface area contributed by atoms with Gasteiger partial charge in [0.25, 0.3) is 0 Å². The average molecular weight is 268 g/mol. The third kappa shape index (κ3) is 3.30. The highest BCUT2D eigenvalue weighted by molar-refractivity contribution is 7.10. The van der Waals surface area contributed by atoms with Crippen LogP contribution in [0.2, 0.25) is 0 Å². The number of aliphatic carboxylic acids is 1. The highest BCUT2D eigenvalue weighted by Crippen LogP contribution is 2.34. The Labute approximate surface area is 109 Å². The molecule has 1 amide bonds. The van der Waals surface area contributed by atoms with Gasteiger partial charge in [-0.25, -0.2) is 0 Å². The third-order valence-corrected chi connectivity index (χ3v) is 4.00. The van der Waals surface area contributed by atoms with Crippen LogP contribution in [0.5, 0.6) is 0 Å². The summed E-state index contributed by atoms with van der Waals surface area (Å²) in [7, 11) is 0. The first kappa shape index (κ1) is 13.0. The number of nitrogens with one attached hydrogen (secondary N) is 1. The summed E-state index contributed by atoms with van der Waals surface area (Å²) in [5, 5.41) is 13.4. The quantitative estimate of drug-likeness (QED) is 0.720. The Balaban J connectivity index is 1.94. The Bertz CT molecular complexity index is 429. The number of carbonyl (C=O) groups is 2. The Morgan fingerprint density at radius 2 is 2.28 bits per heavy atom. The molecular formula is C12H16N2O3S. The molecule has 0 spiro atoms. The van der Waals surface area contributed by atoms with Gasteiger partial charge in [0.1, 0.15) is 6.04 Å². The zero-order chi connectivity index (χ0) is 13.1. The number of hydrogen-bond donors (Lipinski definition) is 3. The summed E-state index contributed by atoms with van der Waals surface area (Å²) in [4.78, 5) is 23.5. The first-order valence-electron chi connectivity index (χ1n) is 5.89. The van der Waals surface area contributed by atoms with Crippen LogP contribution in [0.3, 0.4) is 0 Å². The van der Waals surface area contributed by atoms with Gasteiger partial charge in [0, 0.05) is 10.9 Å². The van der Waals surface area contributed by atoms with E-state index in [1.54, 1.807) is 6.07 Å². The van der Waals surface area contributed by atoms with Gasteiger partial charge in [0.15, 0.2) is 0 Å². The number of carboxylic acids is 1. The van der Waals surface area contributed by atoms with Gasteiger partial charge in [0.2, 0.25) is 5.91 Å². The summed E-state index contributed by atoms with van der Waals surface area (Å²) in [6.45, 7) is 0. The van der Waals surface area contributed by atoms with Crippen molar-refractivity contribution < 1.29 is 14.7 Å². The SMILES string of the molecule is NC(C(=O)NC(CC(=O)O)C1CC1)c1cccs1. The van der Waals surface area contributed by atoms with Crippen molar-refractivity contribution in [3.8, 4) is 0 Å². The lowest BCUT2D eigenvalue weighted by atomic mass is 10.1. The molecule has 1 fully saturated rings. The molecule has 1 aliphatic carbocycles. The summed E-state index contributed by atoms with van der Waals surface area (Å²) in [6.07, 6.45) is 1.92. The fourth-order valence-corrected chi connectivity index (χ4v) is 2.62. The minimum atomic E-state index is -0.892. The van der Waals surface area contributed by atoms with Crippen LogP contribution in [0, 0.1) is 5.92 Å². The number of carboxylic acid groups (broad SMARTS) is 1. The number of thiophene rings is 1. The maximum absolute atomic E-state index is 11.9. The van der Waals surface area contributed by atoms with Crippen molar-refractivity contribution in [2.75, 3.05) is 0 Å². The predicted molar refractivity (Wildman–Crippen MR) is 68.2 cm³/mol. The van der Waals surface area contributed by atoms with Gasteiger partial charge in [0.05, 0.1) is 6.42 Å². The highest BCUT2D eigenvalue weighted by Gasteiger charge is 2.34. The van der Waals surface area contributed by atoms with Crippen molar-refractivity contribution in [1.82, 2.24) is 5.32 Å². The van der Waals surface area contributed by atoms with E-state index in [1.165, 1.54) is 11.3 Å². The predicted octanol–water partition coefficient (Wildman–Crippen LogP) is 1.12. The second-order valence-electron chi connectivity index (χ2n) is 4.54. The van der Waals surface area contributed by atoms with Crippen LogP contribution < -0.4 is 11.1 Å². The molecule has 0 saturated heterocycles.